The predicted octanol–water partition coefficient (Wildman–Crippen LogP) is 0.00140. The summed E-state index contributed by atoms with van der Waals surface area (Å²) in [5.41, 5.74) is 0.803. The maximum atomic E-state index is 11.2. The number of H-pyrrole nitrogens is 1. The SMILES string of the molecule is CNC(=O)c1cc[nH]c1CC(=O)O. The van der Waals surface area contributed by atoms with Crippen LogP contribution in [0.5, 0.6) is 0 Å². The Morgan fingerprint density at radius 3 is 2.85 bits per heavy atom. The second-order valence-corrected chi connectivity index (χ2v) is 2.52. The van der Waals surface area contributed by atoms with Gasteiger partial charge < -0.3 is 15.4 Å². The molecule has 0 aliphatic heterocycles. The topological polar surface area (TPSA) is 82.2 Å². The standard InChI is InChI=1S/C8H10N2O3/c1-9-8(13)5-2-3-10-6(5)4-7(11)12/h2-3,10H,4H2,1H3,(H,9,13)(H,11,12). The summed E-state index contributed by atoms with van der Waals surface area (Å²) in [6.07, 6.45) is 1.37. The first-order chi connectivity index (χ1) is 6.15. The van der Waals surface area contributed by atoms with E-state index >= 15 is 0 Å². The van der Waals surface area contributed by atoms with Crippen LogP contribution in [-0.2, 0) is 11.2 Å². The molecule has 0 spiro atoms. The molecule has 1 aromatic rings. The lowest BCUT2D eigenvalue weighted by atomic mass is 10.2. The van der Waals surface area contributed by atoms with Gasteiger partial charge in [0.05, 0.1) is 12.0 Å². The molecule has 5 heteroatoms. The van der Waals surface area contributed by atoms with Gasteiger partial charge in [0.15, 0.2) is 0 Å². The first-order valence-electron chi connectivity index (χ1n) is 3.75. The third-order valence-corrected chi connectivity index (χ3v) is 1.63. The van der Waals surface area contributed by atoms with Crippen molar-refractivity contribution in [1.82, 2.24) is 10.3 Å². The largest absolute Gasteiger partial charge is 0.481 e. The van der Waals surface area contributed by atoms with Crippen LogP contribution in [0.25, 0.3) is 0 Å². The zero-order valence-corrected chi connectivity index (χ0v) is 7.13. The molecule has 1 rings (SSSR count). The van der Waals surface area contributed by atoms with Gasteiger partial charge in [0.25, 0.3) is 5.91 Å². The summed E-state index contributed by atoms with van der Waals surface area (Å²) in [6.45, 7) is 0. The fourth-order valence-corrected chi connectivity index (χ4v) is 1.05. The minimum atomic E-state index is -0.965. The van der Waals surface area contributed by atoms with Crippen molar-refractivity contribution in [3.8, 4) is 0 Å². The molecule has 0 saturated heterocycles. The minimum Gasteiger partial charge on any atom is -0.481 e. The van der Waals surface area contributed by atoms with E-state index in [0.717, 1.165) is 0 Å². The molecule has 0 bridgehead atoms. The third-order valence-electron chi connectivity index (χ3n) is 1.63. The summed E-state index contributed by atoms with van der Waals surface area (Å²) in [6, 6.07) is 1.55. The number of rotatable bonds is 3. The van der Waals surface area contributed by atoms with Crippen molar-refractivity contribution in [2.24, 2.45) is 0 Å². The maximum Gasteiger partial charge on any atom is 0.309 e. The number of hydrogen-bond donors (Lipinski definition) is 3. The van der Waals surface area contributed by atoms with Crippen LogP contribution in [0, 0.1) is 0 Å². The van der Waals surface area contributed by atoms with E-state index < -0.39 is 5.97 Å². The van der Waals surface area contributed by atoms with Gasteiger partial charge in [-0.15, -0.1) is 0 Å². The van der Waals surface area contributed by atoms with Crippen molar-refractivity contribution in [2.45, 2.75) is 6.42 Å². The van der Waals surface area contributed by atoms with Gasteiger partial charge in [-0.2, -0.15) is 0 Å². The van der Waals surface area contributed by atoms with Crippen LogP contribution in [-0.4, -0.2) is 29.0 Å². The normalized spacial score (nSPS) is 9.62. The zero-order chi connectivity index (χ0) is 9.84. The number of carboxylic acids is 1. The summed E-state index contributed by atoms with van der Waals surface area (Å²) in [5, 5.41) is 10.9. The van der Waals surface area contributed by atoms with E-state index in [2.05, 4.69) is 10.3 Å². The smallest absolute Gasteiger partial charge is 0.309 e. The molecular weight excluding hydrogens is 172 g/mol. The van der Waals surface area contributed by atoms with Crippen molar-refractivity contribution in [3.05, 3.63) is 23.5 Å². The van der Waals surface area contributed by atoms with Crippen molar-refractivity contribution in [1.29, 1.82) is 0 Å². The van der Waals surface area contributed by atoms with Crippen LogP contribution < -0.4 is 5.32 Å². The van der Waals surface area contributed by atoms with Gasteiger partial charge in [-0.3, -0.25) is 9.59 Å². The Morgan fingerprint density at radius 2 is 2.31 bits per heavy atom. The number of aromatic nitrogens is 1. The van der Waals surface area contributed by atoms with E-state index in [4.69, 9.17) is 5.11 Å². The lowest BCUT2D eigenvalue weighted by molar-refractivity contribution is -0.136. The highest BCUT2D eigenvalue weighted by Gasteiger charge is 2.12. The van der Waals surface area contributed by atoms with E-state index in [9.17, 15) is 9.59 Å². The quantitative estimate of drug-likeness (QED) is 0.615. The Morgan fingerprint density at radius 1 is 1.62 bits per heavy atom. The predicted molar refractivity (Wildman–Crippen MR) is 45.5 cm³/mol. The Hall–Kier alpha value is -1.78. The summed E-state index contributed by atoms with van der Waals surface area (Å²) < 4.78 is 0. The number of nitrogens with one attached hydrogen (secondary N) is 2. The Labute approximate surface area is 74.8 Å². The molecule has 0 fully saturated rings. The van der Waals surface area contributed by atoms with Crippen molar-refractivity contribution in [3.63, 3.8) is 0 Å². The molecule has 0 saturated carbocycles. The van der Waals surface area contributed by atoms with Gasteiger partial charge in [-0.05, 0) is 6.07 Å². The van der Waals surface area contributed by atoms with Gasteiger partial charge in [0.2, 0.25) is 0 Å². The van der Waals surface area contributed by atoms with E-state index in [1.54, 1.807) is 12.3 Å². The second kappa shape index (κ2) is 3.75. The van der Waals surface area contributed by atoms with Crippen molar-refractivity contribution < 1.29 is 14.7 Å². The molecule has 0 aromatic carbocycles. The molecule has 0 unspecified atom stereocenters. The molecule has 70 valence electrons. The number of amides is 1. The van der Waals surface area contributed by atoms with Gasteiger partial charge in [-0.25, -0.2) is 0 Å². The lowest BCUT2D eigenvalue weighted by Crippen LogP contribution is -2.19. The van der Waals surface area contributed by atoms with E-state index in [1.165, 1.54) is 7.05 Å². The van der Waals surface area contributed by atoms with Crippen LogP contribution in [0.1, 0.15) is 16.1 Å². The molecule has 0 atom stereocenters. The monoisotopic (exact) mass is 182 g/mol. The summed E-state index contributed by atoms with van der Waals surface area (Å²) in [4.78, 5) is 24.2. The number of aliphatic carboxylic acids is 1. The Bertz CT molecular complexity index is 330. The van der Waals surface area contributed by atoms with Crippen LogP contribution in [0.3, 0.4) is 0 Å². The molecule has 13 heavy (non-hydrogen) atoms. The zero-order valence-electron chi connectivity index (χ0n) is 7.13. The van der Waals surface area contributed by atoms with E-state index in [1.807, 2.05) is 0 Å². The molecule has 0 aliphatic rings. The van der Waals surface area contributed by atoms with Crippen molar-refractivity contribution in [2.75, 3.05) is 7.05 Å². The highest BCUT2D eigenvalue weighted by molar-refractivity contribution is 5.96. The fraction of sp³-hybridized carbons (Fsp3) is 0.250. The molecule has 0 radical (unpaired) electrons. The number of carbonyl (C=O) groups is 2. The average molecular weight is 182 g/mol. The van der Waals surface area contributed by atoms with Crippen molar-refractivity contribution >= 4 is 11.9 Å². The van der Waals surface area contributed by atoms with Gasteiger partial charge in [0, 0.05) is 18.9 Å². The molecular formula is C8H10N2O3. The summed E-state index contributed by atoms with van der Waals surface area (Å²) >= 11 is 0. The third kappa shape index (κ3) is 2.08. The Balaban J connectivity index is 2.89. The lowest BCUT2D eigenvalue weighted by Gasteiger charge is -1.99. The number of carbonyl (C=O) groups excluding carboxylic acids is 1. The summed E-state index contributed by atoms with van der Waals surface area (Å²) in [7, 11) is 1.50. The minimum absolute atomic E-state index is 0.171. The highest BCUT2D eigenvalue weighted by atomic mass is 16.4. The number of aromatic amines is 1. The molecule has 0 aliphatic carbocycles. The fourth-order valence-electron chi connectivity index (χ4n) is 1.05. The number of hydrogen-bond acceptors (Lipinski definition) is 2. The van der Waals surface area contributed by atoms with Gasteiger partial charge in [-0.1, -0.05) is 0 Å². The molecule has 1 amide bonds. The van der Waals surface area contributed by atoms with Crippen LogP contribution in [0.2, 0.25) is 0 Å². The second-order valence-electron chi connectivity index (χ2n) is 2.52. The Kier molecular flexibility index (Phi) is 2.69. The van der Waals surface area contributed by atoms with Gasteiger partial charge in [0.1, 0.15) is 0 Å². The number of carboxylic acid groups (broad SMARTS) is 1. The molecule has 1 heterocycles. The first-order valence-corrected chi connectivity index (χ1v) is 3.75. The van der Waals surface area contributed by atoms with Gasteiger partial charge >= 0.3 is 5.97 Å². The van der Waals surface area contributed by atoms with Crippen LogP contribution in [0.15, 0.2) is 12.3 Å². The maximum absolute atomic E-state index is 11.2. The molecule has 1 aromatic heterocycles. The van der Waals surface area contributed by atoms with Crippen LogP contribution in [0.4, 0.5) is 0 Å². The molecule has 3 N–H and O–H groups in total. The van der Waals surface area contributed by atoms with E-state index in [0.29, 0.717) is 11.3 Å². The first kappa shape index (κ1) is 9.31. The van der Waals surface area contributed by atoms with Crippen LogP contribution >= 0.6 is 0 Å². The molecule has 5 nitrogen and oxygen atoms in total. The summed E-state index contributed by atoms with van der Waals surface area (Å²) in [5.74, 6) is -1.25. The van der Waals surface area contributed by atoms with E-state index in [-0.39, 0.29) is 12.3 Å². The average Bonchev–Trinajstić information content (AvgIpc) is 2.50. The highest BCUT2D eigenvalue weighted by Crippen LogP contribution is 2.06.